The maximum Gasteiger partial charge on any atom is 0.453 e. The molecule has 1 aromatic heterocycles. The minimum atomic E-state index is -5.05. The Balaban J connectivity index is 1.89. The molecule has 35 heavy (non-hydrogen) atoms. The van der Waals surface area contributed by atoms with E-state index in [1.54, 1.807) is 26.8 Å². The van der Waals surface area contributed by atoms with Crippen LogP contribution in [0.4, 0.5) is 18.0 Å². The van der Waals surface area contributed by atoms with Crippen molar-refractivity contribution in [3.8, 4) is 17.2 Å². The summed E-state index contributed by atoms with van der Waals surface area (Å²) < 4.78 is 61.4. The van der Waals surface area contributed by atoms with E-state index in [4.69, 9.17) is 18.6 Å². The number of halogens is 3. The van der Waals surface area contributed by atoms with Gasteiger partial charge in [0.05, 0.1) is 5.39 Å². The highest BCUT2D eigenvalue weighted by Gasteiger charge is 2.40. The van der Waals surface area contributed by atoms with Crippen molar-refractivity contribution in [2.24, 2.45) is 0 Å². The van der Waals surface area contributed by atoms with Gasteiger partial charge >= 0.3 is 18.2 Å². The monoisotopic (exact) mass is 493 g/mol. The molecule has 0 aliphatic heterocycles. The van der Waals surface area contributed by atoms with Crippen LogP contribution in [-0.2, 0) is 15.7 Å². The molecule has 11 heteroatoms. The molecular formula is C24H22F3NO7. The van der Waals surface area contributed by atoms with Gasteiger partial charge in [0.25, 0.3) is 5.76 Å². The van der Waals surface area contributed by atoms with Gasteiger partial charge in [0.2, 0.25) is 11.2 Å². The molecule has 0 bridgehead atoms. The highest BCUT2D eigenvalue weighted by atomic mass is 19.4. The molecule has 3 rings (SSSR count). The Labute approximate surface area is 197 Å². The first-order valence-corrected chi connectivity index (χ1v) is 10.4. The molecule has 1 heterocycles. The molecular weight excluding hydrogens is 471 g/mol. The SMILES string of the molecule is CC(NC(=O)OC(C)(C)C)C(=O)Oc1ccc2c(=O)c(Oc3ccccc3)c(C(F)(F)F)oc2c1. The van der Waals surface area contributed by atoms with Crippen LogP contribution in [0, 0.1) is 0 Å². The predicted molar refractivity (Wildman–Crippen MR) is 118 cm³/mol. The number of hydrogen-bond acceptors (Lipinski definition) is 7. The fourth-order valence-corrected chi connectivity index (χ4v) is 2.85. The lowest BCUT2D eigenvalue weighted by Gasteiger charge is -2.21. The highest BCUT2D eigenvalue weighted by molar-refractivity contribution is 5.84. The molecule has 0 saturated heterocycles. The number of amides is 1. The lowest BCUT2D eigenvalue weighted by Crippen LogP contribution is -2.43. The number of para-hydroxylation sites is 1. The molecule has 1 N–H and O–H groups in total. The van der Waals surface area contributed by atoms with E-state index in [0.29, 0.717) is 0 Å². The van der Waals surface area contributed by atoms with Crippen molar-refractivity contribution in [3.63, 3.8) is 0 Å². The Hall–Kier alpha value is -4.02. The van der Waals surface area contributed by atoms with Crippen molar-refractivity contribution in [3.05, 3.63) is 64.5 Å². The van der Waals surface area contributed by atoms with Gasteiger partial charge in [0.15, 0.2) is 0 Å². The van der Waals surface area contributed by atoms with Crippen molar-refractivity contribution in [2.75, 3.05) is 0 Å². The van der Waals surface area contributed by atoms with E-state index < -0.39 is 52.4 Å². The predicted octanol–water partition coefficient (Wildman–Crippen LogP) is 5.42. The van der Waals surface area contributed by atoms with Crippen LogP contribution in [0.3, 0.4) is 0 Å². The maximum absolute atomic E-state index is 13.7. The van der Waals surface area contributed by atoms with Crippen LogP contribution < -0.4 is 20.2 Å². The first-order chi connectivity index (χ1) is 16.2. The quantitative estimate of drug-likeness (QED) is 0.374. The van der Waals surface area contributed by atoms with Crippen molar-refractivity contribution in [2.45, 2.75) is 45.5 Å². The van der Waals surface area contributed by atoms with Crippen LogP contribution in [-0.4, -0.2) is 23.7 Å². The Bertz CT molecular complexity index is 1290. The number of alkyl halides is 3. The lowest BCUT2D eigenvalue weighted by molar-refractivity contribution is -0.154. The summed E-state index contributed by atoms with van der Waals surface area (Å²) in [5.74, 6) is -3.76. The van der Waals surface area contributed by atoms with Crippen LogP contribution in [0.2, 0.25) is 0 Å². The summed E-state index contributed by atoms with van der Waals surface area (Å²) in [6.07, 6.45) is -5.90. The Morgan fingerprint density at radius 2 is 1.66 bits per heavy atom. The second kappa shape index (κ2) is 9.69. The smallest absolute Gasteiger partial charge is 0.449 e. The first-order valence-electron chi connectivity index (χ1n) is 10.4. The fraction of sp³-hybridized carbons (Fsp3) is 0.292. The first kappa shape index (κ1) is 25.6. The summed E-state index contributed by atoms with van der Waals surface area (Å²) in [7, 11) is 0. The van der Waals surface area contributed by atoms with Crippen molar-refractivity contribution in [1.29, 1.82) is 0 Å². The number of alkyl carbamates (subject to hydrolysis) is 1. The van der Waals surface area contributed by atoms with E-state index in [2.05, 4.69) is 5.32 Å². The lowest BCUT2D eigenvalue weighted by atomic mass is 10.2. The minimum absolute atomic E-state index is 0.0154. The molecule has 1 amide bonds. The third kappa shape index (κ3) is 6.52. The molecule has 0 aliphatic carbocycles. The molecule has 0 fully saturated rings. The summed E-state index contributed by atoms with van der Waals surface area (Å²) in [5.41, 5.74) is -2.32. The molecule has 0 saturated carbocycles. The minimum Gasteiger partial charge on any atom is -0.449 e. The number of carbonyl (C=O) groups is 2. The van der Waals surface area contributed by atoms with E-state index in [-0.39, 0.29) is 16.9 Å². The zero-order chi connectivity index (χ0) is 26.0. The number of esters is 1. The zero-order valence-electron chi connectivity index (χ0n) is 19.2. The normalized spacial score (nSPS) is 12.7. The second-order valence-electron chi connectivity index (χ2n) is 8.45. The Morgan fingerprint density at radius 3 is 2.26 bits per heavy atom. The summed E-state index contributed by atoms with van der Waals surface area (Å²) in [5, 5.41) is 2.07. The zero-order valence-corrected chi connectivity index (χ0v) is 19.2. The van der Waals surface area contributed by atoms with E-state index in [1.165, 1.54) is 37.3 Å². The average Bonchev–Trinajstić information content (AvgIpc) is 2.74. The number of carbonyl (C=O) groups excluding carboxylic acids is 2. The van der Waals surface area contributed by atoms with E-state index in [1.807, 2.05) is 0 Å². The Morgan fingerprint density at radius 1 is 1.00 bits per heavy atom. The van der Waals surface area contributed by atoms with Crippen molar-refractivity contribution < 1.29 is 41.4 Å². The van der Waals surface area contributed by atoms with Crippen LogP contribution in [0.15, 0.2) is 57.7 Å². The molecule has 3 aromatic rings. The fourth-order valence-electron chi connectivity index (χ4n) is 2.85. The molecule has 8 nitrogen and oxygen atoms in total. The Kier molecular flexibility index (Phi) is 7.09. The topological polar surface area (TPSA) is 104 Å². The van der Waals surface area contributed by atoms with Gasteiger partial charge in [0.1, 0.15) is 28.7 Å². The summed E-state index contributed by atoms with van der Waals surface area (Å²) in [6, 6.07) is 9.65. The van der Waals surface area contributed by atoms with E-state index in [9.17, 15) is 27.6 Å². The summed E-state index contributed by atoms with van der Waals surface area (Å²) in [4.78, 5) is 37.0. The standard InChI is InChI=1S/C24H22F3NO7/c1-13(28-22(31)35-23(2,3)4)21(30)33-15-10-11-16-17(12-15)34-20(24(25,26)27)19(18(16)29)32-14-8-6-5-7-9-14/h5-13H,1-4H3,(H,28,31). The highest BCUT2D eigenvalue weighted by Crippen LogP contribution is 2.38. The maximum atomic E-state index is 13.7. The number of rotatable bonds is 5. The summed E-state index contributed by atoms with van der Waals surface area (Å²) in [6.45, 7) is 6.26. The van der Waals surface area contributed by atoms with Gasteiger partial charge < -0.3 is 23.9 Å². The van der Waals surface area contributed by atoms with Gasteiger partial charge in [-0.2, -0.15) is 13.2 Å². The number of benzene rings is 2. The number of hydrogen-bond donors (Lipinski definition) is 1. The van der Waals surface area contributed by atoms with E-state index in [0.717, 1.165) is 12.1 Å². The van der Waals surface area contributed by atoms with Gasteiger partial charge in [0, 0.05) is 6.07 Å². The van der Waals surface area contributed by atoms with Gasteiger partial charge in [-0.05, 0) is 52.0 Å². The van der Waals surface area contributed by atoms with Gasteiger partial charge in [-0.1, -0.05) is 18.2 Å². The molecule has 0 spiro atoms. The van der Waals surface area contributed by atoms with Crippen molar-refractivity contribution in [1.82, 2.24) is 5.32 Å². The molecule has 1 unspecified atom stereocenters. The largest absolute Gasteiger partial charge is 0.453 e. The van der Waals surface area contributed by atoms with Crippen LogP contribution in [0.5, 0.6) is 17.2 Å². The molecule has 2 aromatic carbocycles. The van der Waals surface area contributed by atoms with Crippen LogP contribution >= 0.6 is 0 Å². The third-order valence-corrected chi connectivity index (χ3v) is 4.35. The number of fused-ring (bicyclic) bond motifs is 1. The number of nitrogens with one attached hydrogen (secondary N) is 1. The molecule has 1 atom stereocenters. The van der Waals surface area contributed by atoms with Crippen LogP contribution in [0.1, 0.15) is 33.5 Å². The third-order valence-electron chi connectivity index (χ3n) is 4.35. The number of ether oxygens (including phenoxy) is 3. The van der Waals surface area contributed by atoms with Gasteiger partial charge in [-0.15, -0.1) is 0 Å². The van der Waals surface area contributed by atoms with E-state index >= 15 is 0 Å². The second-order valence-corrected chi connectivity index (χ2v) is 8.45. The summed E-state index contributed by atoms with van der Waals surface area (Å²) >= 11 is 0. The molecule has 186 valence electrons. The van der Waals surface area contributed by atoms with Crippen LogP contribution in [0.25, 0.3) is 11.0 Å². The van der Waals surface area contributed by atoms with Gasteiger partial charge in [-0.3, -0.25) is 4.79 Å². The average molecular weight is 493 g/mol. The van der Waals surface area contributed by atoms with Crippen molar-refractivity contribution >= 4 is 23.0 Å². The molecule has 0 aliphatic rings. The van der Waals surface area contributed by atoms with Gasteiger partial charge in [-0.25, -0.2) is 9.59 Å². The molecule has 0 radical (unpaired) electrons.